The molecule has 0 aliphatic heterocycles. The van der Waals surface area contributed by atoms with Gasteiger partial charge in [0, 0.05) is 18.3 Å². The summed E-state index contributed by atoms with van der Waals surface area (Å²) in [6.45, 7) is 0.570. The molecule has 0 aliphatic rings. The highest BCUT2D eigenvalue weighted by atomic mass is 16.4. The quantitative estimate of drug-likeness (QED) is 0.515. The van der Waals surface area contributed by atoms with Gasteiger partial charge in [-0.3, -0.25) is 9.78 Å². The summed E-state index contributed by atoms with van der Waals surface area (Å²) in [5, 5.41) is 20.3. The molecule has 1 heterocycles. The lowest BCUT2D eigenvalue weighted by atomic mass is 9.83. The van der Waals surface area contributed by atoms with Crippen LogP contribution in [-0.2, 0) is 0 Å². The van der Waals surface area contributed by atoms with Crippen LogP contribution in [0.1, 0.15) is 29.6 Å². The second-order valence-electron chi connectivity index (χ2n) is 5.38. The molecule has 0 unspecified atom stereocenters. The Balaban J connectivity index is 1.77. The van der Waals surface area contributed by atoms with E-state index in [9.17, 15) is 4.79 Å². The van der Waals surface area contributed by atoms with E-state index in [2.05, 4.69) is 10.3 Å². The molecule has 0 radical (unpaired) electrons. The number of hydrogen-bond acceptors (Lipinski definition) is 4. The van der Waals surface area contributed by atoms with Gasteiger partial charge in [0.1, 0.15) is 0 Å². The Morgan fingerprint density at radius 1 is 1.04 bits per heavy atom. The average molecular weight is 312 g/mol. The van der Waals surface area contributed by atoms with Crippen molar-refractivity contribution in [2.24, 2.45) is 0 Å². The Morgan fingerprint density at radius 3 is 2.48 bits per heavy atom. The molecule has 1 aromatic heterocycles. The number of rotatable bonds is 8. The van der Waals surface area contributed by atoms with Crippen molar-refractivity contribution in [3.63, 3.8) is 0 Å². The topological polar surface area (TPSA) is 82.5 Å². The fourth-order valence-corrected chi connectivity index (χ4v) is 2.24. The Labute approximate surface area is 136 Å². The molecule has 0 atom stereocenters. The molecule has 1 amide bonds. The molecular formula is C17H21BN2O3. The maximum absolute atomic E-state index is 12.0. The number of aromatic nitrogens is 1. The smallest absolute Gasteiger partial charge is 0.427 e. The van der Waals surface area contributed by atoms with Gasteiger partial charge in [-0.2, -0.15) is 0 Å². The van der Waals surface area contributed by atoms with E-state index in [4.69, 9.17) is 10.0 Å². The Kier molecular flexibility index (Phi) is 6.78. The summed E-state index contributed by atoms with van der Waals surface area (Å²) in [5.74, 6) is -0.140. The predicted molar refractivity (Wildman–Crippen MR) is 90.9 cm³/mol. The predicted octanol–water partition coefficient (Wildman–Crippen LogP) is 2.12. The van der Waals surface area contributed by atoms with Crippen LogP contribution in [-0.4, -0.2) is 34.6 Å². The first kappa shape index (κ1) is 17.2. The Hall–Kier alpha value is -2.18. The SMILES string of the molecule is O=C(NCCCCCB(O)O)c1ccc(-c2ccccc2)nc1. The summed E-state index contributed by atoms with van der Waals surface area (Å²) < 4.78 is 0. The van der Waals surface area contributed by atoms with Gasteiger partial charge < -0.3 is 15.4 Å². The number of unbranched alkanes of at least 4 members (excludes halogenated alkanes) is 2. The van der Waals surface area contributed by atoms with Gasteiger partial charge in [0.2, 0.25) is 0 Å². The van der Waals surface area contributed by atoms with Gasteiger partial charge in [-0.05, 0) is 24.9 Å². The number of nitrogens with zero attached hydrogens (tertiary/aromatic N) is 1. The fourth-order valence-electron chi connectivity index (χ4n) is 2.24. The molecule has 0 spiro atoms. The lowest BCUT2D eigenvalue weighted by Crippen LogP contribution is -2.24. The molecule has 6 heteroatoms. The largest absolute Gasteiger partial charge is 0.451 e. The van der Waals surface area contributed by atoms with Crippen molar-refractivity contribution in [2.75, 3.05) is 6.54 Å². The van der Waals surface area contributed by atoms with Crippen molar-refractivity contribution in [3.05, 3.63) is 54.2 Å². The number of amides is 1. The number of carbonyl (C=O) groups excluding carboxylic acids is 1. The Bertz CT molecular complexity index is 603. The van der Waals surface area contributed by atoms with Crippen molar-refractivity contribution in [1.82, 2.24) is 10.3 Å². The highest BCUT2D eigenvalue weighted by molar-refractivity contribution is 6.40. The molecule has 2 aromatic rings. The first-order valence-electron chi connectivity index (χ1n) is 7.82. The van der Waals surface area contributed by atoms with Crippen LogP contribution in [0.4, 0.5) is 0 Å². The number of nitrogens with one attached hydrogen (secondary N) is 1. The number of benzene rings is 1. The van der Waals surface area contributed by atoms with Crippen LogP contribution in [0.2, 0.25) is 6.32 Å². The lowest BCUT2D eigenvalue weighted by Gasteiger charge is -2.06. The van der Waals surface area contributed by atoms with Crippen LogP contribution in [0.5, 0.6) is 0 Å². The van der Waals surface area contributed by atoms with E-state index < -0.39 is 7.12 Å². The van der Waals surface area contributed by atoms with E-state index in [0.29, 0.717) is 18.4 Å². The third-order valence-corrected chi connectivity index (χ3v) is 3.52. The third kappa shape index (κ3) is 5.85. The normalized spacial score (nSPS) is 10.3. The summed E-state index contributed by atoms with van der Waals surface area (Å²) >= 11 is 0. The molecule has 5 nitrogen and oxygen atoms in total. The zero-order chi connectivity index (χ0) is 16.5. The zero-order valence-corrected chi connectivity index (χ0v) is 13.0. The van der Waals surface area contributed by atoms with Crippen molar-refractivity contribution >= 4 is 13.0 Å². The van der Waals surface area contributed by atoms with Crippen molar-refractivity contribution in [3.8, 4) is 11.3 Å². The molecular weight excluding hydrogens is 291 g/mol. The van der Waals surface area contributed by atoms with Gasteiger partial charge in [0.05, 0.1) is 11.3 Å². The van der Waals surface area contributed by atoms with Crippen LogP contribution in [0.3, 0.4) is 0 Å². The summed E-state index contributed by atoms with van der Waals surface area (Å²) in [4.78, 5) is 16.3. The van der Waals surface area contributed by atoms with E-state index in [1.165, 1.54) is 0 Å². The zero-order valence-electron chi connectivity index (χ0n) is 13.0. The van der Waals surface area contributed by atoms with Crippen LogP contribution >= 0.6 is 0 Å². The van der Waals surface area contributed by atoms with Gasteiger partial charge >= 0.3 is 7.12 Å². The van der Waals surface area contributed by atoms with Crippen molar-refractivity contribution < 1.29 is 14.8 Å². The maximum Gasteiger partial charge on any atom is 0.451 e. The minimum atomic E-state index is -1.24. The second kappa shape index (κ2) is 9.07. The van der Waals surface area contributed by atoms with E-state index in [0.717, 1.165) is 30.5 Å². The summed E-state index contributed by atoms with van der Waals surface area (Å²) in [6, 6.07) is 13.4. The number of pyridine rings is 1. The van der Waals surface area contributed by atoms with E-state index in [-0.39, 0.29) is 5.91 Å². The molecule has 1 aromatic carbocycles. The van der Waals surface area contributed by atoms with Crippen molar-refractivity contribution in [1.29, 1.82) is 0 Å². The highest BCUT2D eigenvalue weighted by Gasteiger charge is 2.07. The first-order valence-corrected chi connectivity index (χ1v) is 7.82. The van der Waals surface area contributed by atoms with Gasteiger partial charge in [0.25, 0.3) is 5.91 Å². The molecule has 120 valence electrons. The van der Waals surface area contributed by atoms with E-state index in [1.807, 2.05) is 36.4 Å². The van der Waals surface area contributed by atoms with Gasteiger partial charge in [-0.1, -0.05) is 43.2 Å². The maximum atomic E-state index is 12.0. The molecule has 0 saturated carbocycles. The average Bonchev–Trinajstić information content (AvgIpc) is 2.58. The monoisotopic (exact) mass is 312 g/mol. The number of carbonyl (C=O) groups is 1. The third-order valence-electron chi connectivity index (χ3n) is 3.52. The summed E-state index contributed by atoms with van der Waals surface area (Å²) in [7, 11) is -1.24. The molecule has 0 bridgehead atoms. The van der Waals surface area contributed by atoms with Crippen LogP contribution < -0.4 is 5.32 Å². The van der Waals surface area contributed by atoms with Gasteiger partial charge in [-0.15, -0.1) is 0 Å². The standard InChI is InChI=1S/C17H21BN2O3/c21-17(19-12-6-2-5-11-18(22)23)15-9-10-16(20-13-15)14-7-3-1-4-8-14/h1,3-4,7-10,13,22-23H,2,5-6,11-12H2,(H,19,21). The highest BCUT2D eigenvalue weighted by Crippen LogP contribution is 2.16. The summed E-state index contributed by atoms with van der Waals surface area (Å²) in [5.41, 5.74) is 2.39. The first-order chi connectivity index (χ1) is 11.2. The number of hydrogen-bond donors (Lipinski definition) is 3. The van der Waals surface area contributed by atoms with Gasteiger partial charge in [-0.25, -0.2) is 0 Å². The molecule has 0 saturated heterocycles. The van der Waals surface area contributed by atoms with Crippen LogP contribution in [0, 0.1) is 0 Å². The van der Waals surface area contributed by atoms with Crippen LogP contribution in [0.15, 0.2) is 48.7 Å². The molecule has 2 rings (SSSR count). The lowest BCUT2D eigenvalue weighted by molar-refractivity contribution is 0.0952. The molecule has 0 fully saturated rings. The van der Waals surface area contributed by atoms with E-state index in [1.54, 1.807) is 12.3 Å². The summed E-state index contributed by atoms with van der Waals surface area (Å²) in [6.07, 6.45) is 4.36. The van der Waals surface area contributed by atoms with Gasteiger partial charge in [0.15, 0.2) is 0 Å². The fraction of sp³-hybridized carbons (Fsp3) is 0.294. The molecule has 3 N–H and O–H groups in total. The van der Waals surface area contributed by atoms with Crippen molar-refractivity contribution in [2.45, 2.75) is 25.6 Å². The second-order valence-corrected chi connectivity index (χ2v) is 5.38. The minimum Gasteiger partial charge on any atom is -0.427 e. The van der Waals surface area contributed by atoms with Crippen LogP contribution in [0.25, 0.3) is 11.3 Å². The minimum absolute atomic E-state index is 0.140. The van der Waals surface area contributed by atoms with E-state index >= 15 is 0 Å². The molecule has 0 aliphatic carbocycles. The Morgan fingerprint density at radius 2 is 1.83 bits per heavy atom. The molecule has 23 heavy (non-hydrogen) atoms.